The lowest BCUT2D eigenvalue weighted by Gasteiger charge is -2.19. The minimum absolute atomic E-state index is 0.0294. The van der Waals surface area contributed by atoms with E-state index in [1.54, 1.807) is 12.2 Å². The quantitative estimate of drug-likeness (QED) is 0.0315. The summed E-state index contributed by atoms with van der Waals surface area (Å²) in [6.45, 7) is 8.41. The van der Waals surface area contributed by atoms with Crippen molar-refractivity contribution in [2.45, 2.75) is 31.0 Å². The normalized spacial score (nSPS) is 23.8. The Hall–Kier alpha value is -8.06. The molecule has 8 N–H and O–H groups in total. The van der Waals surface area contributed by atoms with Crippen LogP contribution in [0.3, 0.4) is 0 Å². The number of carbonyl (C=O) groups is 5. The van der Waals surface area contributed by atoms with Crippen molar-refractivity contribution in [3.05, 3.63) is 175 Å². The maximum Gasteiger partial charge on any atom is 0.321 e. The summed E-state index contributed by atoms with van der Waals surface area (Å²) in [6, 6.07) is 37.6. The average molecular weight is 977 g/mol. The Morgan fingerprint density at radius 2 is 1.03 bits per heavy atom. The number of guanidine groups is 2. The van der Waals surface area contributed by atoms with Gasteiger partial charge in [0.25, 0.3) is 0 Å². The van der Waals surface area contributed by atoms with E-state index in [4.69, 9.17) is 33.2 Å². The molecule has 366 valence electrons. The molecule has 0 spiro atoms. The van der Waals surface area contributed by atoms with Crippen LogP contribution in [0.2, 0.25) is 0 Å². The van der Waals surface area contributed by atoms with Crippen LogP contribution in [0, 0.1) is 23.7 Å². The van der Waals surface area contributed by atoms with Crippen molar-refractivity contribution in [2.24, 2.45) is 45.1 Å². The zero-order valence-electron chi connectivity index (χ0n) is 38.8. The predicted octanol–water partition coefficient (Wildman–Crippen LogP) is 4.62. The molecule has 4 aromatic rings. The van der Waals surface area contributed by atoms with Crippen LogP contribution in [0.1, 0.15) is 16.7 Å². The number of ether oxygens (including phenoxy) is 2. The number of benzene rings is 4. The van der Waals surface area contributed by atoms with Gasteiger partial charge in [0.15, 0.2) is 11.1 Å². The number of para-hydroxylation sites is 1. The Balaban J connectivity index is 0.000000209. The molecular weight excluding hydrogens is 921 g/mol. The smallest absolute Gasteiger partial charge is 0.321 e. The van der Waals surface area contributed by atoms with Gasteiger partial charge in [0.1, 0.15) is 0 Å². The molecule has 0 bridgehead atoms. The summed E-state index contributed by atoms with van der Waals surface area (Å²) >= 11 is 5.21. The van der Waals surface area contributed by atoms with Crippen molar-refractivity contribution in [3.63, 3.8) is 0 Å². The zero-order chi connectivity index (χ0) is 50.3. The van der Waals surface area contributed by atoms with E-state index in [0.717, 1.165) is 22.4 Å². The van der Waals surface area contributed by atoms with Crippen molar-refractivity contribution < 1.29 is 33.4 Å². The van der Waals surface area contributed by atoms with E-state index in [2.05, 4.69) is 44.4 Å². The van der Waals surface area contributed by atoms with Crippen molar-refractivity contribution >= 4 is 76.7 Å². The highest BCUT2D eigenvalue weighted by atomic mass is 32.1. The van der Waals surface area contributed by atoms with Gasteiger partial charge < -0.3 is 36.9 Å². The topological polar surface area (TPSA) is 235 Å². The number of hydrogen-bond donors (Lipinski definition) is 6. The third-order valence-corrected chi connectivity index (χ3v) is 12.3. The molecule has 4 aromatic carbocycles. The van der Waals surface area contributed by atoms with Gasteiger partial charge >= 0.3 is 6.03 Å². The van der Waals surface area contributed by atoms with Crippen molar-refractivity contribution in [3.8, 4) is 0 Å². The molecule has 8 atom stereocenters. The number of imide groups is 2. The van der Waals surface area contributed by atoms with E-state index in [0.29, 0.717) is 6.54 Å². The molecule has 4 fully saturated rings. The van der Waals surface area contributed by atoms with E-state index in [1.165, 1.54) is 9.80 Å². The molecule has 0 radical (unpaired) electrons. The maximum atomic E-state index is 13.2. The first-order chi connectivity index (χ1) is 34.4. The lowest BCUT2D eigenvalue weighted by molar-refractivity contribution is -0.144. The largest absolute Gasteiger partial charge is 0.370 e. The standard InChI is InChI=1S/C27H29N5O4.C26H27N5O3S/c1-2-20-22-23(21(36-20)14-13-18-9-5-3-6-10-18)25(34)32(24(22)33)16-15-29-27(35)31-26(28)30-17-19-11-7-4-8-12-19;1-2-19-21-22(20(34-19)14-13-17-9-5-3-6-10-17)24(33)31(23(21)32)16-15-28-26(35)30-25(27)29-18-11-7-4-8-12-18/h2-14,20-23H,1,15-17H2,(H4,28,29,30,31,35);2-14,19-22H,1,15-16H2,(H4,27,28,29,30,35)/b2*14-13+. The van der Waals surface area contributed by atoms with Crippen LogP contribution in [-0.4, -0.2) is 107 Å². The van der Waals surface area contributed by atoms with E-state index < -0.39 is 54.1 Å². The Kier molecular flexibility index (Phi) is 17.5. The highest BCUT2D eigenvalue weighted by Crippen LogP contribution is 2.43. The summed E-state index contributed by atoms with van der Waals surface area (Å²) in [7, 11) is 0. The second kappa shape index (κ2) is 24.5. The van der Waals surface area contributed by atoms with Gasteiger partial charge in [-0.05, 0) is 41.0 Å². The van der Waals surface area contributed by atoms with Crippen LogP contribution in [0.4, 0.5) is 10.5 Å². The van der Waals surface area contributed by atoms with Crippen LogP contribution in [0.5, 0.6) is 0 Å². The van der Waals surface area contributed by atoms with E-state index in [-0.39, 0.29) is 66.8 Å². The van der Waals surface area contributed by atoms with E-state index in [9.17, 15) is 24.0 Å². The second-order valence-electron chi connectivity index (χ2n) is 16.7. The number of amides is 6. The third-order valence-electron chi connectivity index (χ3n) is 12.1. The summed E-state index contributed by atoms with van der Waals surface area (Å²) in [5, 5.41) is 11.1. The minimum atomic E-state index is -0.630. The summed E-state index contributed by atoms with van der Waals surface area (Å²) in [5.74, 6) is -3.48. The lowest BCUT2D eigenvalue weighted by atomic mass is 9.89. The molecule has 6 amide bonds. The molecule has 0 saturated carbocycles. The van der Waals surface area contributed by atoms with Gasteiger partial charge in [-0.3, -0.25) is 34.3 Å². The molecule has 71 heavy (non-hydrogen) atoms. The van der Waals surface area contributed by atoms with Crippen LogP contribution in [0.15, 0.2) is 169 Å². The number of hydrogen-bond acceptors (Lipinski definition) is 9. The first-order valence-electron chi connectivity index (χ1n) is 23.0. The summed E-state index contributed by atoms with van der Waals surface area (Å²) < 4.78 is 11.9. The fraction of sp³-hybridized carbons (Fsp3) is 0.245. The van der Waals surface area contributed by atoms with Gasteiger partial charge in [0.05, 0.1) is 54.6 Å². The number of anilines is 1. The monoisotopic (exact) mass is 976 g/mol. The number of fused-ring (bicyclic) bond motifs is 2. The van der Waals surface area contributed by atoms with Crippen molar-refractivity contribution in [1.29, 1.82) is 0 Å². The van der Waals surface area contributed by atoms with E-state index >= 15 is 0 Å². The number of nitrogens with one attached hydrogen (secondary N) is 4. The molecule has 0 aliphatic carbocycles. The predicted molar refractivity (Wildman–Crippen MR) is 277 cm³/mol. The zero-order valence-corrected chi connectivity index (χ0v) is 39.6. The van der Waals surface area contributed by atoms with Gasteiger partial charge in [-0.25, -0.2) is 9.79 Å². The lowest BCUT2D eigenvalue weighted by Crippen LogP contribution is -2.46. The number of rotatable bonds is 15. The first-order valence-corrected chi connectivity index (χ1v) is 23.4. The third kappa shape index (κ3) is 13.0. The molecular formula is C53H56N10O7S. The Bertz CT molecular complexity index is 2690. The minimum Gasteiger partial charge on any atom is -0.370 e. The van der Waals surface area contributed by atoms with Crippen molar-refractivity contribution in [2.75, 3.05) is 31.5 Å². The van der Waals surface area contributed by atoms with Crippen LogP contribution < -0.4 is 32.7 Å². The van der Waals surface area contributed by atoms with Gasteiger partial charge in [-0.2, -0.15) is 4.99 Å². The number of aliphatic imine (C=N–C) groups is 2. The highest BCUT2D eigenvalue weighted by Gasteiger charge is 2.59. The fourth-order valence-corrected chi connectivity index (χ4v) is 8.91. The molecule has 18 heteroatoms. The van der Waals surface area contributed by atoms with Gasteiger partial charge in [0, 0.05) is 31.9 Å². The molecule has 4 heterocycles. The molecule has 0 aromatic heterocycles. The number of nitrogens with zero attached hydrogens (tertiary/aromatic N) is 4. The van der Waals surface area contributed by atoms with Gasteiger partial charge in [-0.1, -0.05) is 146 Å². The van der Waals surface area contributed by atoms with Crippen LogP contribution in [-0.2, 0) is 35.2 Å². The summed E-state index contributed by atoms with van der Waals surface area (Å²) in [5.41, 5.74) is 15.4. The molecule has 8 unspecified atom stereocenters. The molecule has 4 aliphatic heterocycles. The van der Waals surface area contributed by atoms with E-state index in [1.807, 2.05) is 146 Å². The number of nitrogens with two attached hydrogens (primary N) is 2. The van der Waals surface area contributed by atoms with Crippen LogP contribution >= 0.6 is 12.2 Å². The number of carbonyl (C=O) groups excluding carboxylic acids is 5. The molecule has 4 saturated heterocycles. The van der Waals surface area contributed by atoms with Crippen molar-refractivity contribution in [1.82, 2.24) is 25.8 Å². The number of likely N-dealkylation sites (tertiary alicyclic amines) is 2. The summed E-state index contributed by atoms with van der Waals surface area (Å²) in [4.78, 5) is 75.3. The SMILES string of the molecule is C=CC1OC(/C=C/c2ccccc2)C2C(=O)N(CCNC(=O)NC(N)=NCc3ccccc3)C(=O)C12.C=CC1OC(/C=C/c2ccccc2)C2C(=O)N(CCNC(=S)N=C(N)Nc3ccccc3)C(=O)C12. The number of urea groups is 1. The van der Waals surface area contributed by atoms with Gasteiger partial charge in [-0.15, -0.1) is 13.2 Å². The maximum absolute atomic E-state index is 13.2. The van der Waals surface area contributed by atoms with Gasteiger partial charge in [0.2, 0.25) is 29.6 Å². The Labute approximate surface area is 417 Å². The molecule has 17 nitrogen and oxygen atoms in total. The number of thiocarbonyl (C=S) groups is 1. The van der Waals surface area contributed by atoms with Crippen LogP contribution in [0.25, 0.3) is 12.2 Å². The Morgan fingerprint density at radius 3 is 1.49 bits per heavy atom. The highest BCUT2D eigenvalue weighted by molar-refractivity contribution is 7.80. The first kappa shape index (κ1) is 50.8. The summed E-state index contributed by atoms with van der Waals surface area (Å²) in [6.07, 6.45) is 8.46. The second-order valence-corrected chi connectivity index (χ2v) is 17.1. The fourth-order valence-electron chi connectivity index (χ4n) is 8.71. The Morgan fingerprint density at radius 1 is 0.606 bits per heavy atom. The average Bonchev–Trinajstić information content (AvgIpc) is 4.09. The molecule has 8 rings (SSSR count). The molecule has 4 aliphatic rings.